The van der Waals surface area contributed by atoms with Crippen LogP contribution in [0.4, 0.5) is 0 Å². The van der Waals surface area contributed by atoms with Gasteiger partial charge in [-0.2, -0.15) is 0 Å². The Morgan fingerprint density at radius 1 is 1.17 bits per heavy atom. The van der Waals surface area contributed by atoms with Crippen LogP contribution in [-0.2, 0) is 4.79 Å². The van der Waals surface area contributed by atoms with Gasteiger partial charge in [0.2, 0.25) is 5.75 Å². The first-order valence-corrected chi connectivity index (χ1v) is 7.67. The number of hydrogen-bond donors (Lipinski definition) is 1. The van der Waals surface area contributed by atoms with Gasteiger partial charge in [0.05, 0.1) is 27.2 Å². The molecular formula is C18H22O5. The van der Waals surface area contributed by atoms with Crippen molar-refractivity contribution in [3.05, 3.63) is 29.8 Å². The van der Waals surface area contributed by atoms with Crippen molar-refractivity contribution < 1.29 is 24.1 Å². The van der Waals surface area contributed by atoms with Crippen LogP contribution in [0.3, 0.4) is 0 Å². The zero-order chi connectivity index (χ0) is 16.8. The van der Waals surface area contributed by atoms with Gasteiger partial charge in [0.1, 0.15) is 0 Å². The first kappa shape index (κ1) is 15.7. The molecule has 0 aromatic heterocycles. The molecule has 5 nitrogen and oxygen atoms in total. The monoisotopic (exact) mass is 318 g/mol. The van der Waals surface area contributed by atoms with Crippen molar-refractivity contribution in [1.29, 1.82) is 0 Å². The maximum atomic E-state index is 11.9. The lowest BCUT2D eigenvalue weighted by atomic mass is 9.72. The van der Waals surface area contributed by atoms with Crippen LogP contribution in [0.5, 0.6) is 17.2 Å². The lowest BCUT2D eigenvalue weighted by molar-refractivity contribution is -0.144. The minimum Gasteiger partial charge on any atom is -0.493 e. The number of carbonyl (C=O) groups is 1. The van der Waals surface area contributed by atoms with Crippen LogP contribution in [0.2, 0.25) is 0 Å². The number of carboxylic acids is 1. The van der Waals surface area contributed by atoms with Gasteiger partial charge in [-0.1, -0.05) is 19.1 Å². The molecule has 0 spiro atoms. The molecule has 1 aromatic rings. The van der Waals surface area contributed by atoms with Crippen molar-refractivity contribution in [2.75, 3.05) is 21.3 Å². The summed E-state index contributed by atoms with van der Waals surface area (Å²) in [4.78, 5) is 11.9. The smallest absolute Gasteiger partial charge is 0.308 e. The summed E-state index contributed by atoms with van der Waals surface area (Å²) in [6, 6.07) is 3.75. The third-order valence-electron chi connectivity index (χ3n) is 5.27. The number of benzene rings is 1. The lowest BCUT2D eigenvalue weighted by Crippen LogP contribution is -2.32. The van der Waals surface area contributed by atoms with Crippen LogP contribution in [0.1, 0.15) is 24.8 Å². The van der Waals surface area contributed by atoms with Crippen LogP contribution in [0, 0.1) is 17.3 Å². The molecule has 5 heteroatoms. The summed E-state index contributed by atoms with van der Waals surface area (Å²) >= 11 is 0. The summed E-state index contributed by atoms with van der Waals surface area (Å²) in [6.45, 7) is 2.03. The second-order valence-corrected chi connectivity index (χ2v) is 6.53. The van der Waals surface area contributed by atoms with Crippen molar-refractivity contribution in [2.45, 2.75) is 19.3 Å². The fraction of sp³-hybridized carbons (Fsp3) is 0.500. The molecule has 2 bridgehead atoms. The van der Waals surface area contributed by atoms with Gasteiger partial charge in [-0.3, -0.25) is 4.79 Å². The predicted octanol–water partition coefficient (Wildman–Crippen LogP) is 3.09. The molecule has 1 fully saturated rings. The number of aliphatic carboxylic acids is 1. The number of methoxy groups -OCH3 is 3. The fourth-order valence-electron chi connectivity index (χ4n) is 4.29. The van der Waals surface area contributed by atoms with Crippen LogP contribution < -0.4 is 14.2 Å². The average molecular weight is 318 g/mol. The maximum absolute atomic E-state index is 11.9. The Hall–Kier alpha value is -2.17. The van der Waals surface area contributed by atoms with E-state index in [2.05, 4.69) is 12.2 Å². The topological polar surface area (TPSA) is 65.0 Å². The fourth-order valence-corrected chi connectivity index (χ4v) is 4.29. The van der Waals surface area contributed by atoms with Gasteiger partial charge < -0.3 is 19.3 Å². The van der Waals surface area contributed by atoms with Crippen molar-refractivity contribution in [1.82, 2.24) is 0 Å². The largest absolute Gasteiger partial charge is 0.493 e. The van der Waals surface area contributed by atoms with Gasteiger partial charge >= 0.3 is 5.97 Å². The van der Waals surface area contributed by atoms with E-state index in [1.165, 1.54) is 0 Å². The molecule has 124 valence electrons. The van der Waals surface area contributed by atoms with E-state index in [0.717, 1.165) is 12.0 Å². The van der Waals surface area contributed by atoms with Gasteiger partial charge in [-0.05, 0) is 35.4 Å². The molecule has 0 aliphatic heterocycles. The lowest BCUT2D eigenvalue weighted by Gasteiger charge is -2.31. The number of carboxylic acid groups (broad SMARTS) is 1. The summed E-state index contributed by atoms with van der Waals surface area (Å²) in [6.07, 6.45) is 5.07. The Morgan fingerprint density at radius 2 is 1.78 bits per heavy atom. The molecule has 3 rings (SSSR count). The van der Waals surface area contributed by atoms with Crippen LogP contribution in [0.15, 0.2) is 24.3 Å². The molecule has 0 heterocycles. The van der Waals surface area contributed by atoms with E-state index in [0.29, 0.717) is 17.2 Å². The molecule has 2 aliphatic carbocycles. The Balaban J connectivity index is 2.11. The molecule has 1 N–H and O–H groups in total. The summed E-state index contributed by atoms with van der Waals surface area (Å²) in [5.74, 6) is 0.583. The highest BCUT2D eigenvalue weighted by Gasteiger charge is 2.56. The Kier molecular flexibility index (Phi) is 3.74. The minimum atomic E-state index is -0.752. The van der Waals surface area contributed by atoms with Crippen molar-refractivity contribution >= 4 is 5.97 Å². The quantitative estimate of drug-likeness (QED) is 0.845. The molecule has 1 aromatic carbocycles. The van der Waals surface area contributed by atoms with Gasteiger partial charge in [-0.15, -0.1) is 0 Å². The number of allylic oxidation sites excluding steroid dienone is 2. The van der Waals surface area contributed by atoms with E-state index in [4.69, 9.17) is 14.2 Å². The van der Waals surface area contributed by atoms with E-state index in [1.807, 2.05) is 19.1 Å². The molecular weight excluding hydrogens is 296 g/mol. The van der Waals surface area contributed by atoms with Gasteiger partial charge in [-0.25, -0.2) is 0 Å². The van der Waals surface area contributed by atoms with Crippen LogP contribution >= 0.6 is 0 Å². The SMILES string of the molecule is COc1cc(C2C3C=CC(C)(C3)C2C(=O)O)cc(OC)c1OC. The van der Waals surface area contributed by atoms with Gasteiger partial charge in [0.25, 0.3) is 0 Å². The second-order valence-electron chi connectivity index (χ2n) is 6.53. The normalized spacial score (nSPS) is 31.2. The highest BCUT2D eigenvalue weighted by molar-refractivity contribution is 5.75. The van der Waals surface area contributed by atoms with E-state index in [1.54, 1.807) is 21.3 Å². The molecule has 2 aliphatic rings. The van der Waals surface area contributed by atoms with Crippen molar-refractivity contribution in [3.8, 4) is 17.2 Å². The summed E-state index contributed by atoms with van der Waals surface area (Å²) < 4.78 is 16.2. The molecule has 0 radical (unpaired) electrons. The van der Waals surface area contributed by atoms with E-state index < -0.39 is 11.9 Å². The maximum Gasteiger partial charge on any atom is 0.308 e. The highest BCUT2D eigenvalue weighted by atomic mass is 16.5. The first-order valence-electron chi connectivity index (χ1n) is 7.67. The number of ether oxygens (including phenoxy) is 3. The molecule has 0 saturated heterocycles. The number of hydrogen-bond acceptors (Lipinski definition) is 4. The van der Waals surface area contributed by atoms with Crippen LogP contribution in [0.25, 0.3) is 0 Å². The summed E-state index contributed by atoms with van der Waals surface area (Å²) in [5.41, 5.74) is 0.631. The molecule has 4 atom stereocenters. The average Bonchev–Trinajstić information content (AvgIpc) is 3.06. The Morgan fingerprint density at radius 3 is 2.26 bits per heavy atom. The molecule has 0 amide bonds. The van der Waals surface area contributed by atoms with Gasteiger partial charge in [0, 0.05) is 5.92 Å². The summed E-state index contributed by atoms with van der Waals surface area (Å²) in [7, 11) is 4.69. The van der Waals surface area contributed by atoms with Crippen molar-refractivity contribution in [2.24, 2.45) is 17.3 Å². The zero-order valence-electron chi connectivity index (χ0n) is 13.8. The molecule has 4 unspecified atom stereocenters. The Labute approximate surface area is 135 Å². The van der Waals surface area contributed by atoms with E-state index in [-0.39, 0.29) is 17.3 Å². The third kappa shape index (κ3) is 2.26. The minimum absolute atomic E-state index is 0.0868. The van der Waals surface area contributed by atoms with Gasteiger partial charge in [0.15, 0.2) is 11.5 Å². The van der Waals surface area contributed by atoms with Crippen LogP contribution in [-0.4, -0.2) is 32.4 Å². The number of rotatable bonds is 5. The Bertz CT molecular complexity index is 640. The third-order valence-corrected chi connectivity index (χ3v) is 5.27. The first-order chi connectivity index (χ1) is 10.9. The predicted molar refractivity (Wildman–Crippen MR) is 85.3 cm³/mol. The molecule has 1 saturated carbocycles. The second kappa shape index (κ2) is 5.48. The van der Waals surface area contributed by atoms with E-state index >= 15 is 0 Å². The molecule has 23 heavy (non-hydrogen) atoms. The summed E-state index contributed by atoms with van der Waals surface area (Å²) in [5, 5.41) is 9.76. The van der Waals surface area contributed by atoms with E-state index in [9.17, 15) is 9.90 Å². The number of fused-ring (bicyclic) bond motifs is 2. The highest BCUT2D eigenvalue weighted by Crippen LogP contribution is 2.61. The van der Waals surface area contributed by atoms with Crippen molar-refractivity contribution in [3.63, 3.8) is 0 Å². The zero-order valence-corrected chi connectivity index (χ0v) is 13.8. The standard InChI is InChI=1S/C18H22O5/c1-18-6-5-10(9-18)14(15(18)17(19)20)11-7-12(21-2)16(23-4)13(8-11)22-3/h5-8,10,14-15H,9H2,1-4H3,(H,19,20).